The number of rotatable bonds is 5. The largest absolute Gasteiger partial charge is 0.481 e. The molecule has 1 amide bonds. The van der Waals surface area contributed by atoms with Gasteiger partial charge in [0.25, 0.3) is 0 Å². The Hall–Kier alpha value is -1.06. The monoisotopic (exact) mass is 293 g/mol. The highest BCUT2D eigenvalue weighted by Crippen LogP contribution is 2.49. The first-order chi connectivity index (χ1) is 10.1. The third kappa shape index (κ3) is 3.58. The summed E-state index contributed by atoms with van der Waals surface area (Å²) in [6.07, 6.45) is 9.16. The molecule has 3 atom stereocenters. The van der Waals surface area contributed by atoms with Crippen LogP contribution >= 0.6 is 0 Å². The number of amides is 1. The third-order valence-corrected chi connectivity index (χ3v) is 6.06. The van der Waals surface area contributed by atoms with Crippen molar-refractivity contribution in [3.8, 4) is 0 Å². The third-order valence-electron chi connectivity index (χ3n) is 6.06. The van der Waals surface area contributed by atoms with Crippen molar-refractivity contribution in [1.29, 1.82) is 0 Å². The molecule has 3 aliphatic rings. The molecule has 118 valence electrons. The predicted octanol–water partition coefficient (Wildman–Crippen LogP) is 2.92. The summed E-state index contributed by atoms with van der Waals surface area (Å²) in [4.78, 5) is 25.1. The van der Waals surface area contributed by atoms with Crippen LogP contribution in [-0.2, 0) is 9.59 Å². The fourth-order valence-corrected chi connectivity index (χ4v) is 4.78. The van der Waals surface area contributed by atoms with Gasteiger partial charge < -0.3 is 10.0 Å². The molecule has 2 aliphatic carbocycles. The molecular weight excluding hydrogens is 266 g/mol. The Morgan fingerprint density at radius 1 is 1.05 bits per heavy atom. The quantitative estimate of drug-likeness (QED) is 0.848. The molecule has 3 rings (SSSR count). The van der Waals surface area contributed by atoms with Gasteiger partial charge in [-0.15, -0.1) is 0 Å². The van der Waals surface area contributed by atoms with Gasteiger partial charge >= 0.3 is 5.97 Å². The summed E-state index contributed by atoms with van der Waals surface area (Å²) in [7, 11) is 0. The van der Waals surface area contributed by atoms with Crippen molar-refractivity contribution >= 4 is 11.9 Å². The van der Waals surface area contributed by atoms with Gasteiger partial charge in [0.2, 0.25) is 5.91 Å². The zero-order chi connectivity index (χ0) is 14.8. The number of hydrogen-bond donors (Lipinski definition) is 1. The standard InChI is InChI=1S/C17H27NO3/c19-16(11-15-10-13-1-3-14(15)9-13)18-7-5-12(6-8-18)2-4-17(20)21/h12-15H,1-11H2,(H,20,21). The lowest BCUT2D eigenvalue weighted by Crippen LogP contribution is -2.39. The molecule has 2 saturated carbocycles. The van der Waals surface area contributed by atoms with Gasteiger partial charge in [-0.3, -0.25) is 9.59 Å². The number of carbonyl (C=O) groups is 2. The lowest BCUT2D eigenvalue weighted by Gasteiger charge is -2.33. The number of fused-ring (bicyclic) bond motifs is 2. The molecule has 1 saturated heterocycles. The maximum absolute atomic E-state index is 12.4. The van der Waals surface area contributed by atoms with E-state index >= 15 is 0 Å². The Labute approximate surface area is 126 Å². The molecule has 4 heteroatoms. The number of piperidine rings is 1. The van der Waals surface area contributed by atoms with Crippen molar-refractivity contribution in [1.82, 2.24) is 4.90 Å². The first-order valence-corrected chi connectivity index (χ1v) is 8.61. The van der Waals surface area contributed by atoms with E-state index in [0.29, 0.717) is 17.7 Å². The van der Waals surface area contributed by atoms with E-state index in [0.717, 1.165) is 50.6 Å². The molecule has 1 aliphatic heterocycles. The highest BCUT2D eigenvalue weighted by atomic mass is 16.4. The van der Waals surface area contributed by atoms with Gasteiger partial charge in [-0.1, -0.05) is 6.42 Å². The highest BCUT2D eigenvalue weighted by Gasteiger charge is 2.40. The zero-order valence-corrected chi connectivity index (χ0v) is 12.8. The normalized spacial score (nSPS) is 32.6. The summed E-state index contributed by atoms with van der Waals surface area (Å²) in [5, 5.41) is 8.73. The minimum atomic E-state index is -0.704. The van der Waals surface area contributed by atoms with Gasteiger partial charge in [-0.05, 0) is 62.2 Å². The van der Waals surface area contributed by atoms with Gasteiger partial charge in [-0.2, -0.15) is 0 Å². The van der Waals surface area contributed by atoms with Crippen molar-refractivity contribution in [2.75, 3.05) is 13.1 Å². The predicted molar refractivity (Wildman–Crippen MR) is 79.7 cm³/mol. The summed E-state index contributed by atoms with van der Waals surface area (Å²) < 4.78 is 0. The van der Waals surface area contributed by atoms with Crippen LogP contribution in [0.2, 0.25) is 0 Å². The van der Waals surface area contributed by atoms with Gasteiger partial charge in [0.15, 0.2) is 0 Å². The summed E-state index contributed by atoms with van der Waals surface area (Å²) in [5.74, 6) is 2.53. The Morgan fingerprint density at radius 3 is 2.38 bits per heavy atom. The van der Waals surface area contributed by atoms with Gasteiger partial charge in [-0.25, -0.2) is 0 Å². The minimum Gasteiger partial charge on any atom is -0.481 e. The number of nitrogens with zero attached hydrogens (tertiary/aromatic N) is 1. The first kappa shape index (κ1) is 14.9. The maximum Gasteiger partial charge on any atom is 0.303 e. The lowest BCUT2D eigenvalue weighted by atomic mass is 9.85. The van der Waals surface area contributed by atoms with Crippen molar-refractivity contribution in [2.45, 2.75) is 57.8 Å². The summed E-state index contributed by atoms with van der Waals surface area (Å²) in [5.41, 5.74) is 0. The molecule has 0 aromatic heterocycles. The van der Waals surface area contributed by atoms with Crippen LogP contribution in [0.25, 0.3) is 0 Å². The number of likely N-dealkylation sites (tertiary alicyclic amines) is 1. The van der Waals surface area contributed by atoms with Crippen LogP contribution in [-0.4, -0.2) is 35.0 Å². The van der Waals surface area contributed by atoms with Crippen molar-refractivity contribution in [2.24, 2.45) is 23.7 Å². The molecule has 21 heavy (non-hydrogen) atoms. The van der Waals surface area contributed by atoms with Crippen LogP contribution in [0.5, 0.6) is 0 Å². The van der Waals surface area contributed by atoms with E-state index in [-0.39, 0.29) is 6.42 Å². The van der Waals surface area contributed by atoms with Gasteiger partial charge in [0.1, 0.15) is 0 Å². The average Bonchev–Trinajstić information content (AvgIpc) is 3.08. The van der Waals surface area contributed by atoms with Crippen molar-refractivity contribution in [3.05, 3.63) is 0 Å². The van der Waals surface area contributed by atoms with Crippen LogP contribution in [0.3, 0.4) is 0 Å². The van der Waals surface area contributed by atoms with Crippen LogP contribution in [0.1, 0.15) is 57.8 Å². The summed E-state index contributed by atoms with van der Waals surface area (Å²) in [6, 6.07) is 0. The van der Waals surface area contributed by atoms with Gasteiger partial charge in [0.05, 0.1) is 0 Å². The minimum absolute atomic E-state index is 0.268. The molecule has 0 spiro atoms. The molecule has 0 aromatic carbocycles. The van der Waals surface area contributed by atoms with Gasteiger partial charge in [0, 0.05) is 25.9 Å². The maximum atomic E-state index is 12.4. The lowest BCUT2D eigenvalue weighted by molar-refractivity contribution is -0.138. The summed E-state index contributed by atoms with van der Waals surface area (Å²) in [6.45, 7) is 1.67. The molecule has 3 fully saturated rings. The second-order valence-electron chi connectivity index (χ2n) is 7.40. The van der Waals surface area contributed by atoms with Crippen LogP contribution < -0.4 is 0 Å². The van der Waals surface area contributed by atoms with Crippen molar-refractivity contribution < 1.29 is 14.7 Å². The Bertz CT molecular complexity index is 401. The number of hydrogen-bond acceptors (Lipinski definition) is 2. The zero-order valence-electron chi connectivity index (χ0n) is 12.8. The van der Waals surface area contributed by atoms with Crippen molar-refractivity contribution in [3.63, 3.8) is 0 Å². The highest BCUT2D eigenvalue weighted by molar-refractivity contribution is 5.76. The van der Waals surface area contributed by atoms with E-state index in [9.17, 15) is 9.59 Å². The number of carboxylic acid groups (broad SMARTS) is 1. The average molecular weight is 293 g/mol. The number of aliphatic carboxylic acids is 1. The van der Waals surface area contributed by atoms with Crippen LogP contribution in [0.4, 0.5) is 0 Å². The van der Waals surface area contributed by atoms with Crippen LogP contribution in [0, 0.1) is 23.7 Å². The second kappa shape index (κ2) is 6.37. The summed E-state index contributed by atoms with van der Waals surface area (Å²) >= 11 is 0. The Kier molecular flexibility index (Phi) is 4.51. The number of carbonyl (C=O) groups excluding carboxylic acids is 1. The fraction of sp³-hybridized carbons (Fsp3) is 0.882. The molecule has 2 bridgehead atoms. The molecule has 0 aromatic rings. The smallest absolute Gasteiger partial charge is 0.303 e. The molecule has 4 nitrogen and oxygen atoms in total. The molecule has 0 radical (unpaired) electrons. The van der Waals surface area contributed by atoms with E-state index in [1.54, 1.807) is 0 Å². The Balaban J connectivity index is 1.40. The fourth-order valence-electron chi connectivity index (χ4n) is 4.78. The van der Waals surface area contributed by atoms with E-state index in [1.807, 2.05) is 4.90 Å². The number of carboxylic acids is 1. The van der Waals surface area contributed by atoms with E-state index in [4.69, 9.17) is 5.11 Å². The molecule has 3 unspecified atom stereocenters. The molecular formula is C17H27NO3. The van der Waals surface area contributed by atoms with E-state index in [2.05, 4.69) is 0 Å². The topological polar surface area (TPSA) is 57.6 Å². The molecule has 1 N–H and O–H groups in total. The van der Waals surface area contributed by atoms with E-state index < -0.39 is 5.97 Å². The molecule has 1 heterocycles. The van der Waals surface area contributed by atoms with Crippen LogP contribution in [0.15, 0.2) is 0 Å². The SMILES string of the molecule is O=C(O)CCC1CCN(C(=O)CC2CC3CCC2C3)CC1. The Morgan fingerprint density at radius 2 is 1.81 bits per heavy atom. The van der Waals surface area contributed by atoms with E-state index in [1.165, 1.54) is 25.7 Å². The second-order valence-corrected chi connectivity index (χ2v) is 7.40. The first-order valence-electron chi connectivity index (χ1n) is 8.61.